The molecule has 0 radical (unpaired) electrons. The molecule has 0 spiro atoms. The third kappa shape index (κ3) is 5.29. The van der Waals surface area contributed by atoms with Crippen LogP contribution in [0, 0.1) is 0 Å². The van der Waals surface area contributed by atoms with Gasteiger partial charge in [0.05, 0.1) is 17.1 Å². The third-order valence-electron chi connectivity index (χ3n) is 12.8. The first kappa shape index (κ1) is 36.2. The van der Waals surface area contributed by atoms with Gasteiger partial charge >= 0.3 is 0 Å². The second-order valence-electron chi connectivity index (χ2n) is 18.3. The van der Waals surface area contributed by atoms with Gasteiger partial charge < -0.3 is 14.7 Å². The maximum Gasteiger partial charge on any atom is 0.136 e. The highest BCUT2D eigenvalue weighted by atomic mass is 15.4. The van der Waals surface area contributed by atoms with Crippen molar-refractivity contribution in [2.24, 2.45) is 0 Å². The average molecular weight is 714 g/mol. The zero-order valence-corrected chi connectivity index (χ0v) is 34.6. The molecular formula is C51H59N3. The van der Waals surface area contributed by atoms with E-state index in [1.54, 1.807) is 0 Å². The maximum absolute atomic E-state index is 2.63. The van der Waals surface area contributed by atoms with Gasteiger partial charge in [-0.1, -0.05) is 156 Å². The number of fused-ring (bicyclic) bond motifs is 4. The van der Waals surface area contributed by atoms with Gasteiger partial charge in [-0.2, -0.15) is 0 Å². The minimum Gasteiger partial charge on any atom is -0.321 e. The maximum atomic E-state index is 2.63. The highest BCUT2D eigenvalue weighted by Gasteiger charge is 2.47. The molecule has 3 heteroatoms. The Morgan fingerprint density at radius 3 is 1.13 bits per heavy atom. The molecular weight excluding hydrogens is 655 g/mol. The number of nitrogens with zero attached hydrogens (tertiary/aromatic N) is 3. The Labute approximate surface area is 325 Å². The summed E-state index contributed by atoms with van der Waals surface area (Å²) in [5.74, 6) is 1.50. The quantitative estimate of drug-likeness (QED) is 0.166. The van der Waals surface area contributed by atoms with Gasteiger partial charge in [0.25, 0.3) is 0 Å². The van der Waals surface area contributed by atoms with E-state index in [1.165, 1.54) is 78.5 Å². The highest BCUT2D eigenvalue weighted by molar-refractivity contribution is 5.93. The van der Waals surface area contributed by atoms with E-state index in [-0.39, 0.29) is 17.0 Å². The molecule has 0 bridgehead atoms. The third-order valence-corrected chi connectivity index (χ3v) is 12.8. The Bertz CT molecular complexity index is 2080. The summed E-state index contributed by atoms with van der Waals surface area (Å²) < 4.78 is 0. The first-order valence-electron chi connectivity index (χ1n) is 20.3. The molecule has 0 N–H and O–H groups in total. The van der Waals surface area contributed by atoms with Crippen LogP contribution in [0.25, 0.3) is 0 Å². The average Bonchev–Trinajstić information content (AvgIpc) is 3.58. The van der Waals surface area contributed by atoms with E-state index < -0.39 is 0 Å². The van der Waals surface area contributed by atoms with E-state index in [9.17, 15) is 0 Å². The van der Waals surface area contributed by atoms with Gasteiger partial charge in [0, 0.05) is 34.6 Å². The van der Waals surface area contributed by atoms with Crippen molar-refractivity contribution in [1.29, 1.82) is 0 Å². The molecule has 5 aromatic carbocycles. The molecule has 0 aliphatic carbocycles. The van der Waals surface area contributed by atoms with Crippen LogP contribution in [-0.2, 0) is 10.8 Å². The van der Waals surface area contributed by atoms with Crippen molar-refractivity contribution in [3.63, 3.8) is 0 Å². The molecule has 0 aromatic heterocycles. The summed E-state index contributed by atoms with van der Waals surface area (Å²) in [4.78, 5) is 7.84. The molecule has 8 rings (SSSR count). The lowest BCUT2D eigenvalue weighted by molar-refractivity contribution is 0.591. The van der Waals surface area contributed by atoms with E-state index in [0.717, 1.165) is 0 Å². The SMILES string of the molecule is CC(C)c1cccc(C(C)C)c1N1C=CN(c2c(C(C)C)cccc2C(C)C)C1c1cc2c3c(c1)C(C)(C)c1ccccc1N3c1ccccc1C2(C)C. The fourth-order valence-corrected chi connectivity index (χ4v) is 9.83. The van der Waals surface area contributed by atoms with Crippen molar-refractivity contribution in [3.05, 3.63) is 160 Å². The van der Waals surface area contributed by atoms with Crippen molar-refractivity contribution in [2.45, 2.75) is 124 Å². The van der Waals surface area contributed by atoms with Crippen molar-refractivity contribution in [1.82, 2.24) is 0 Å². The van der Waals surface area contributed by atoms with Crippen LogP contribution >= 0.6 is 0 Å². The largest absolute Gasteiger partial charge is 0.321 e. The van der Waals surface area contributed by atoms with Gasteiger partial charge in [-0.3, -0.25) is 0 Å². The fraction of sp³-hybridized carbons (Fsp3) is 0.373. The molecule has 0 saturated carbocycles. The number of hydrogen-bond acceptors (Lipinski definition) is 3. The van der Waals surface area contributed by atoms with Crippen molar-refractivity contribution >= 4 is 28.4 Å². The lowest BCUT2D eigenvalue weighted by Gasteiger charge is -2.50. The molecule has 0 amide bonds. The number of rotatable bonds is 7. The number of para-hydroxylation sites is 4. The van der Waals surface area contributed by atoms with Crippen LogP contribution < -0.4 is 14.7 Å². The summed E-state index contributed by atoms with van der Waals surface area (Å²) in [6.45, 7) is 28.5. The number of hydrogen-bond donors (Lipinski definition) is 0. The Kier molecular flexibility index (Phi) is 8.68. The van der Waals surface area contributed by atoms with Gasteiger partial charge in [0.2, 0.25) is 0 Å². The van der Waals surface area contributed by atoms with Crippen LogP contribution in [0.2, 0.25) is 0 Å². The first-order valence-corrected chi connectivity index (χ1v) is 20.3. The van der Waals surface area contributed by atoms with Crippen LogP contribution in [0.4, 0.5) is 28.4 Å². The van der Waals surface area contributed by atoms with Gasteiger partial charge in [-0.05, 0) is 98.0 Å². The van der Waals surface area contributed by atoms with E-state index in [1.807, 2.05) is 0 Å². The van der Waals surface area contributed by atoms with Crippen molar-refractivity contribution in [2.75, 3.05) is 14.7 Å². The molecule has 3 aliphatic rings. The van der Waals surface area contributed by atoms with E-state index in [0.29, 0.717) is 23.7 Å². The fourth-order valence-electron chi connectivity index (χ4n) is 9.83. The Hall–Kier alpha value is -4.76. The summed E-state index contributed by atoms with van der Waals surface area (Å²) >= 11 is 0. The molecule has 0 fully saturated rings. The summed E-state index contributed by atoms with van der Waals surface area (Å²) in [5.41, 5.74) is 18.6. The highest BCUT2D eigenvalue weighted by Crippen LogP contribution is 2.61. The van der Waals surface area contributed by atoms with Crippen LogP contribution in [-0.4, -0.2) is 0 Å². The smallest absolute Gasteiger partial charge is 0.136 e. The molecule has 3 nitrogen and oxygen atoms in total. The molecule has 3 aliphatic heterocycles. The normalized spacial score (nSPS) is 16.9. The van der Waals surface area contributed by atoms with Crippen molar-refractivity contribution < 1.29 is 0 Å². The lowest BCUT2D eigenvalue weighted by atomic mass is 9.65. The molecule has 0 saturated heterocycles. The van der Waals surface area contributed by atoms with Crippen LogP contribution in [0.3, 0.4) is 0 Å². The summed E-state index contributed by atoms with van der Waals surface area (Å²) in [6.07, 6.45) is 4.68. The molecule has 54 heavy (non-hydrogen) atoms. The Balaban J connectivity index is 1.47. The molecule has 278 valence electrons. The lowest BCUT2D eigenvalue weighted by Crippen LogP contribution is -2.39. The Morgan fingerprint density at radius 2 is 0.778 bits per heavy atom. The zero-order chi connectivity index (χ0) is 38.4. The van der Waals surface area contributed by atoms with E-state index in [2.05, 4.69) is 207 Å². The number of anilines is 5. The van der Waals surface area contributed by atoms with Crippen LogP contribution in [0.5, 0.6) is 0 Å². The summed E-state index contributed by atoms with van der Waals surface area (Å²) in [7, 11) is 0. The second kappa shape index (κ2) is 12.9. The molecule has 0 unspecified atom stereocenters. The minimum atomic E-state index is -0.213. The zero-order valence-electron chi connectivity index (χ0n) is 34.6. The molecule has 0 atom stereocenters. The minimum absolute atomic E-state index is 0.0873. The second-order valence-corrected chi connectivity index (χ2v) is 18.3. The van der Waals surface area contributed by atoms with Crippen molar-refractivity contribution in [3.8, 4) is 0 Å². The molecule has 3 heterocycles. The number of benzene rings is 5. The predicted molar refractivity (Wildman–Crippen MR) is 231 cm³/mol. The van der Waals surface area contributed by atoms with E-state index >= 15 is 0 Å². The van der Waals surface area contributed by atoms with Crippen LogP contribution in [0.1, 0.15) is 163 Å². The topological polar surface area (TPSA) is 9.72 Å². The predicted octanol–water partition coefficient (Wildman–Crippen LogP) is 14.4. The summed E-state index contributed by atoms with van der Waals surface area (Å²) in [5, 5.41) is 0. The van der Waals surface area contributed by atoms with E-state index in [4.69, 9.17) is 0 Å². The van der Waals surface area contributed by atoms with Gasteiger partial charge in [0.15, 0.2) is 0 Å². The van der Waals surface area contributed by atoms with Gasteiger partial charge in [-0.15, -0.1) is 0 Å². The first-order chi connectivity index (χ1) is 25.7. The van der Waals surface area contributed by atoms with Gasteiger partial charge in [0.1, 0.15) is 6.17 Å². The standard InChI is InChI=1S/C51H59N3/c1-31(2)36-19-17-20-37(32(3)4)46(36)52-27-28-53(47-38(33(5)6)21-18-22-39(47)34(7)8)49(52)35-29-42-48-43(30-35)51(11,12)41-24-14-16-26-45(41)54(48)44-25-15-13-23-40(44)50(42,9)10/h13-34,49H,1-12H3. The summed E-state index contributed by atoms with van der Waals surface area (Å²) in [6, 6.07) is 37.3. The Morgan fingerprint density at radius 1 is 0.426 bits per heavy atom. The monoisotopic (exact) mass is 713 g/mol. The van der Waals surface area contributed by atoms with Gasteiger partial charge in [-0.25, -0.2) is 0 Å². The van der Waals surface area contributed by atoms with Crippen LogP contribution in [0.15, 0.2) is 109 Å². The molecule has 5 aromatic rings.